The van der Waals surface area contributed by atoms with Gasteiger partial charge in [0.1, 0.15) is 0 Å². The second-order valence-corrected chi connectivity index (χ2v) is 7.58. The number of carbonyl (C=O) groups is 2. The summed E-state index contributed by atoms with van der Waals surface area (Å²) < 4.78 is 26.6. The van der Waals surface area contributed by atoms with Crippen LogP contribution in [0.5, 0.6) is 0 Å². The van der Waals surface area contributed by atoms with E-state index in [1.807, 2.05) is 6.92 Å². The van der Waals surface area contributed by atoms with E-state index in [1.54, 1.807) is 42.5 Å². The first kappa shape index (κ1) is 20.6. The van der Waals surface area contributed by atoms with Crippen LogP contribution < -0.4 is 15.4 Å². The number of benzene rings is 2. The number of hydrogen-bond acceptors (Lipinski definition) is 4. The van der Waals surface area contributed by atoms with Gasteiger partial charge in [-0.2, -0.15) is 0 Å². The summed E-state index contributed by atoms with van der Waals surface area (Å²) in [6, 6.07) is 14.6. The van der Waals surface area contributed by atoms with Crippen LogP contribution in [0.1, 0.15) is 30.1 Å². The molecule has 2 aromatic rings. The summed E-state index contributed by atoms with van der Waals surface area (Å²) >= 11 is 0. The summed E-state index contributed by atoms with van der Waals surface area (Å²) in [5.41, 5.74) is 0.756. The van der Waals surface area contributed by atoms with E-state index >= 15 is 0 Å². The van der Waals surface area contributed by atoms with Crippen LogP contribution in [0.3, 0.4) is 0 Å². The first-order valence-electron chi connectivity index (χ1n) is 8.66. The fraction of sp³-hybridized carbons (Fsp3) is 0.263. The van der Waals surface area contributed by atoms with E-state index in [1.165, 1.54) is 12.1 Å². The van der Waals surface area contributed by atoms with Crippen LogP contribution in [-0.2, 0) is 14.8 Å². The SMILES string of the molecule is CCCNC(=O)c1ccccc1NC(=O)CCNS(=O)(=O)c1ccccc1. The molecule has 3 N–H and O–H groups in total. The molecule has 2 aromatic carbocycles. The first-order valence-corrected chi connectivity index (χ1v) is 10.1. The van der Waals surface area contributed by atoms with Crippen molar-refractivity contribution in [2.45, 2.75) is 24.7 Å². The van der Waals surface area contributed by atoms with Crippen LogP contribution >= 0.6 is 0 Å². The summed E-state index contributed by atoms with van der Waals surface area (Å²) in [6.07, 6.45) is 0.749. The van der Waals surface area contributed by atoms with Gasteiger partial charge in [-0.05, 0) is 30.7 Å². The number of hydrogen-bond donors (Lipinski definition) is 3. The molecule has 0 fully saturated rings. The van der Waals surface area contributed by atoms with Gasteiger partial charge < -0.3 is 10.6 Å². The number of anilines is 1. The van der Waals surface area contributed by atoms with E-state index in [4.69, 9.17) is 0 Å². The van der Waals surface area contributed by atoms with Gasteiger partial charge in [0.25, 0.3) is 5.91 Å². The van der Waals surface area contributed by atoms with Crippen LogP contribution in [0.15, 0.2) is 59.5 Å². The van der Waals surface area contributed by atoms with Crippen molar-refractivity contribution in [3.05, 3.63) is 60.2 Å². The zero-order valence-corrected chi connectivity index (χ0v) is 15.9. The number of para-hydroxylation sites is 1. The lowest BCUT2D eigenvalue weighted by molar-refractivity contribution is -0.116. The highest BCUT2D eigenvalue weighted by Crippen LogP contribution is 2.15. The lowest BCUT2D eigenvalue weighted by Gasteiger charge is -2.11. The van der Waals surface area contributed by atoms with E-state index in [2.05, 4.69) is 15.4 Å². The van der Waals surface area contributed by atoms with Crippen molar-refractivity contribution >= 4 is 27.5 Å². The molecule has 0 heterocycles. The minimum absolute atomic E-state index is 0.0484. The van der Waals surface area contributed by atoms with Gasteiger partial charge in [-0.3, -0.25) is 9.59 Å². The fourth-order valence-electron chi connectivity index (χ4n) is 2.32. The average molecular weight is 389 g/mol. The minimum atomic E-state index is -3.65. The van der Waals surface area contributed by atoms with Gasteiger partial charge in [0.15, 0.2) is 0 Å². The highest BCUT2D eigenvalue weighted by Gasteiger charge is 2.15. The molecule has 0 unspecified atom stereocenters. The van der Waals surface area contributed by atoms with Crippen LogP contribution in [0, 0.1) is 0 Å². The number of rotatable bonds is 9. The largest absolute Gasteiger partial charge is 0.352 e. The average Bonchev–Trinajstić information content (AvgIpc) is 2.67. The van der Waals surface area contributed by atoms with Crippen molar-refractivity contribution in [1.29, 1.82) is 0 Å². The van der Waals surface area contributed by atoms with Crippen molar-refractivity contribution in [2.24, 2.45) is 0 Å². The van der Waals surface area contributed by atoms with E-state index in [0.29, 0.717) is 17.8 Å². The van der Waals surface area contributed by atoms with Gasteiger partial charge in [0, 0.05) is 19.5 Å². The van der Waals surface area contributed by atoms with Gasteiger partial charge in [-0.25, -0.2) is 13.1 Å². The van der Waals surface area contributed by atoms with Gasteiger partial charge in [0.2, 0.25) is 15.9 Å². The highest BCUT2D eigenvalue weighted by atomic mass is 32.2. The molecule has 0 radical (unpaired) electrons. The zero-order chi connectivity index (χ0) is 19.7. The Hall–Kier alpha value is -2.71. The summed E-state index contributed by atoms with van der Waals surface area (Å²) in [6.45, 7) is 2.44. The number of carbonyl (C=O) groups excluding carboxylic acids is 2. The Bertz CT molecular complexity index is 883. The lowest BCUT2D eigenvalue weighted by Crippen LogP contribution is -2.29. The Morgan fingerprint density at radius 2 is 1.59 bits per heavy atom. The molecule has 2 amide bonds. The molecule has 27 heavy (non-hydrogen) atoms. The second-order valence-electron chi connectivity index (χ2n) is 5.81. The molecule has 144 valence electrons. The van der Waals surface area contributed by atoms with Crippen molar-refractivity contribution in [1.82, 2.24) is 10.0 Å². The number of amides is 2. The van der Waals surface area contributed by atoms with E-state index in [-0.39, 0.29) is 29.7 Å². The van der Waals surface area contributed by atoms with Gasteiger partial charge in [-0.15, -0.1) is 0 Å². The molecular formula is C19H23N3O4S. The molecule has 0 aromatic heterocycles. The molecule has 0 aliphatic rings. The number of nitrogens with one attached hydrogen (secondary N) is 3. The molecule has 2 rings (SSSR count). The minimum Gasteiger partial charge on any atom is -0.352 e. The van der Waals surface area contributed by atoms with Crippen LogP contribution in [0.4, 0.5) is 5.69 Å². The zero-order valence-electron chi connectivity index (χ0n) is 15.1. The Morgan fingerprint density at radius 3 is 2.30 bits per heavy atom. The molecule has 8 heteroatoms. The molecule has 0 saturated heterocycles. The Labute approximate surface area is 159 Å². The van der Waals surface area contributed by atoms with E-state index in [9.17, 15) is 18.0 Å². The van der Waals surface area contributed by atoms with E-state index in [0.717, 1.165) is 6.42 Å². The van der Waals surface area contributed by atoms with Crippen molar-refractivity contribution in [3.63, 3.8) is 0 Å². The third kappa shape index (κ3) is 6.19. The first-order chi connectivity index (χ1) is 12.9. The van der Waals surface area contributed by atoms with Crippen LogP contribution in [0.2, 0.25) is 0 Å². The number of sulfonamides is 1. The van der Waals surface area contributed by atoms with Crippen LogP contribution in [0.25, 0.3) is 0 Å². The molecule has 0 atom stereocenters. The summed E-state index contributed by atoms with van der Waals surface area (Å²) in [5, 5.41) is 5.42. The lowest BCUT2D eigenvalue weighted by atomic mass is 10.1. The Balaban J connectivity index is 1.92. The fourth-order valence-corrected chi connectivity index (χ4v) is 3.37. The smallest absolute Gasteiger partial charge is 0.253 e. The van der Waals surface area contributed by atoms with Gasteiger partial charge in [-0.1, -0.05) is 37.3 Å². The van der Waals surface area contributed by atoms with E-state index < -0.39 is 10.0 Å². The summed E-state index contributed by atoms with van der Waals surface area (Å²) in [7, 11) is -3.65. The summed E-state index contributed by atoms with van der Waals surface area (Å²) in [5.74, 6) is -0.654. The predicted octanol–water partition coefficient (Wildman–Crippen LogP) is 2.13. The molecule has 0 aliphatic heterocycles. The normalized spacial score (nSPS) is 11.0. The quantitative estimate of drug-likeness (QED) is 0.611. The van der Waals surface area contributed by atoms with Gasteiger partial charge >= 0.3 is 0 Å². The molecule has 0 saturated carbocycles. The maximum Gasteiger partial charge on any atom is 0.253 e. The topological polar surface area (TPSA) is 104 Å². The van der Waals surface area contributed by atoms with Crippen LogP contribution in [-0.4, -0.2) is 33.3 Å². The third-order valence-corrected chi connectivity index (χ3v) is 5.16. The third-order valence-electron chi connectivity index (χ3n) is 3.68. The maximum absolute atomic E-state index is 12.2. The second kappa shape index (κ2) is 9.84. The van der Waals surface area contributed by atoms with Crippen molar-refractivity contribution in [2.75, 3.05) is 18.4 Å². The van der Waals surface area contributed by atoms with Crippen molar-refractivity contribution < 1.29 is 18.0 Å². The molecule has 0 bridgehead atoms. The van der Waals surface area contributed by atoms with Gasteiger partial charge in [0.05, 0.1) is 16.1 Å². The molecular weight excluding hydrogens is 366 g/mol. The Morgan fingerprint density at radius 1 is 0.926 bits per heavy atom. The standard InChI is InChI=1S/C19H23N3O4S/c1-2-13-20-19(24)16-10-6-7-11-17(16)22-18(23)12-14-21-27(25,26)15-8-4-3-5-9-15/h3-11,21H,2,12-14H2,1H3,(H,20,24)(H,22,23). The monoisotopic (exact) mass is 389 g/mol. The predicted molar refractivity (Wildman–Crippen MR) is 104 cm³/mol. The molecule has 0 aliphatic carbocycles. The molecule has 0 spiro atoms. The Kier molecular flexibility index (Phi) is 7.51. The maximum atomic E-state index is 12.2. The highest BCUT2D eigenvalue weighted by molar-refractivity contribution is 7.89. The molecule has 7 nitrogen and oxygen atoms in total. The summed E-state index contributed by atoms with van der Waals surface area (Å²) in [4.78, 5) is 24.4. The van der Waals surface area contributed by atoms with Crippen molar-refractivity contribution in [3.8, 4) is 0 Å².